The molecule has 0 amide bonds. The number of oxazole rings is 1. The maximum absolute atomic E-state index is 5.85. The van der Waals surface area contributed by atoms with E-state index in [2.05, 4.69) is 31.6 Å². The molecule has 0 bridgehead atoms. The summed E-state index contributed by atoms with van der Waals surface area (Å²) < 4.78 is 8.15. The van der Waals surface area contributed by atoms with Crippen molar-refractivity contribution in [1.82, 2.24) is 19.7 Å². The molecule has 2 aromatic heterocycles. The minimum absolute atomic E-state index is 0.524. The smallest absolute Gasteiger partial charge is 0.264 e. The van der Waals surface area contributed by atoms with E-state index >= 15 is 0 Å². The fourth-order valence-corrected chi connectivity index (χ4v) is 4.23. The summed E-state index contributed by atoms with van der Waals surface area (Å²) in [6.45, 7) is 4.47. The normalized spacial score (nSPS) is 19.0. The Labute approximate surface area is 150 Å². The minimum atomic E-state index is 0.524. The highest BCUT2D eigenvalue weighted by Gasteiger charge is 2.33. The lowest BCUT2D eigenvalue weighted by molar-refractivity contribution is 0.429. The van der Waals surface area contributed by atoms with E-state index in [9.17, 15) is 0 Å². The Hall–Kier alpha value is -2.02. The second-order valence-electron chi connectivity index (χ2n) is 7.10. The van der Waals surface area contributed by atoms with Crippen LogP contribution in [0.1, 0.15) is 38.6 Å². The fourth-order valence-electron chi connectivity index (χ4n) is 3.39. The first-order chi connectivity index (χ1) is 12.3. The predicted molar refractivity (Wildman–Crippen MR) is 97.0 cm³/mol. The van der Waals surface area contributed by atoms with Crippen molar-refractivity contribution in [2.24, 2.45) is 5.92 Å². The van der Waals surface area contributed by atoms with Crippen LogP contribution in [0.4, 0.5) is 5.95 Å². The van der Waals surface area contributed by atoms with Crippen molar-refractivity contribution in [3.63, 3.8) is 0 Å². The second kappa shape index (κ2) is 6.05. The van der Waals surface area contributed by atoms with Crippen LogP contribution in [0.2, 0.25) is 0 Å². The van der Waals surface area contributed by atoms with Crippen LogP contribution in [0, 0.1) is 5.92 Å². The van der Waals surface area contributed by atoms with E-state index in [1.165, 1.54) is 37.4 Å². The first-order valence-electron chi connectivity index (χ1n) is 9.01. The van der Waals surface area contributed by atoms with Crippen LogP contribution in [0.5, 0.6) is 0 Å². The van der Waals surface area contributed by atoms with Crippen LogP contribution < -0.4 is 4.90 Å². The topological polar surface area (TPSA) is 60.0 Å². The zero-order valence-corrected chi connectivity index (χ0v) is 15.1. The van der Waals surface area contributed by atoms with E-state index in [4.69, 9.17) is 4.42 Å². The molecular formula is C18H21N5OS. The Morgan fingerprint density at radius 2 is 1.88 bits per heavy atom. The van der Waals surface area contributed by atoms with Gasteiger partial charge in [0.15, 0.2) is 5.58 Å². The van der Waals surface area contributed by atoms with Crippen molar-refractivity contribution in [2.75, 3.05) is 18.0 Å². The summed E-state index contributed by atoms with van der Waals surface area (Å²) in [6, 6.07) is 8.37. The maximum Gasteiger partial charge on any atom is 0.264 e. The summed E-state index contributed by atoms with van der Waals surface area (Å²) >= 11 is 1.48. The molecule has 1 saturated heterocycles. The third-order valence-corrected chi connectivity index (χ3v) is 5.89. The number of anilines is 1. The highest BCUT2D eigenvalue weighted by Crippen LogP contribution is 2.42. The minimum Gasteiger partial charge on any atom is -0.431 e. The fraction of sp³-hybridized carbons (Fsp3) is 0.500. The number of hydrogen-bond acceptors (Lipinski definition) is 6. The van der Waals surface area contributed by atoms with Crippen LogP contribution in [0.25, 0.3) is 11.1 Å². The van der Waals surface area contributed by atoms with E-state index in [0.717, 1.165) is 41.2 Å². The lowest BCUT2D eigenvalue weighted by atomic mass is 10.00. The molecule has 25 heavy (non-hydrogen) atoms. The summed E-state index contributed by atoms with van der Waals surface area (Å²) in [5.41, 5.74) is 1.69. The Kier molecular flexibility index (Phi) is 3.69. The van der Waals surface area contributed by atoms with Crippen molar-refractivity contribution in [1.29, 1.82) is 0 Å². The summed E-state index contributed by atoms with van der Waals surface area (Å²) in [6.07, 6.45) is 4.86. The average molecular weight is 355 g/mol. The number of benzene rings is 1. The highest BCUT2D eigenvalue weighted by molar-refractivity contribution is 7.99. The second-order valence-corrected chi connectivity index (χ2v) is 8.02. The molecule has 5 rings (SSSR count). The molecule has 3 heterocycles. The Morgan fingerprint density at radius 3 is 2.64 bits per heavy atom. The molecule has 130 valence electrons. The third kappa shape index (κ3) is 2.90. The lowest BCUT2D eigenvalue weighted by Gasteiger charge is -2.31. The molecule has 0 unspecified atom stereocenters. The van der Waals surface area contributed by atoms with Gasteiger partial charge in [0.1, 0.15) is 5.52 Å². The molecule has 0 radical (unpaired) electrons. The molecule has 1 aromatic carbocycles. The van der Waals surface area contributed by atoms with Gasteiger partial charge in [0.25, 0.3) is 5.22 Å². The molecular weight excluding hydrogens is 334 g/mol. The quantitative estimate of drug-likeness (QED) is 0.701. The van der Waals surface area contributed by atoms with E-state index < -0.39 is 0 Å². The summed E-state index contributed by atoms with van der Waals surface area (Å²) in [5.74, 6) is 1.83. The van der Waals surface area contributed by atoms with Gasteiger partial charge in [-0.3, -0.25) is 4.57 Å². The predicted octanol–water partition coefficient (Wildman–Crippen LogP) is 4.14. The Morgan fingerprint density at radius 1 is 1.08 bits per heavy atom. The number of fused-ring (bicyclic) bond motifs is 1. The van der Waals surface area contributed by atoms with Gasteiger partial charge in [-0.2, -0.15) is 0 Å². The van der Waals surface area contributed by atoms with Gasteiger partial charge in [-0.1, -0.05) is 19.1 Å². The van der Waals surface area contributed by atoms with Gasteiger partial charge in [-0.25, -0.2) is 4.98 Å². The lowest BCUT2D eigenvalue weighted by Crippen LogP contribution is -2.34. The van der Waals surface area contributed by atoms with Gasteiger partial charge in [0.05, 0.1) is 0 Å². The molecule has 6 nitrogen and oxygen atoms in total. The monoisotopic (exact) mass is 355 g/mol. The summed E-state index contributed by atoms with van der Waals surface area (Å²) in [4.78, 5) is 6.95. The molecule has 0 spiro atoms. The third-order valence-electron chi connectivity index (χ3n) is 5.08. The summed E-state index contributed by atoms with van der Waals surface area (Å²) in [5, 5.41) is 10.5. The molecule has 0 atom stereocenters. The molecule has 3 aromatic rings. The van der Waals surface area contributed by atoms with Crippen LogP contribution in [-0.4, -0.2) is 32.8 Å². The number of para-hydroxylation sites is 2. The summed E-state index contributed by atoms with van der Waals surface area (Å²) in [7, 11) is 0. The number of rotatable bonds is 4. The van der Waals surface area contributed by atoms with Gasteiger partial charge in [-0.15, -0.1) is 10.2 Å². The number of nitrogens with zero attached hydrogens (tertiary/aromatic N) is 5. The van der Waals surface area contributed by atoms with Gasteiger partial charge in [0.2, 0.25) is 11.1 Å². The van der Waals surface area contributed by atoms with Gasteiger partial charge < -0.3 is 9.32 Å². The zero-order valence-electron chi connectivity index (χ0n) is 14.3. The molecule has 7 heteroatoms. The largest absolute Gasteiger partial charge is 0.431 e. The molecule has 2 fully saturated rings. The molecule has 1 saturated carbocycles. The van der Waals surface area contributed by atoms with Crippen LogP contribution in [0.3, 0.4) is 0 Å². The van der Waals surface area contributed by atoms with Crippen molar-refractivity contribution < 1.29 is 4.42 Å². The van der Waals surface area contributed by atoms with E-state index in [-0.39, 0.29) is 0 Å². The first kappa shape index (κ1) is 15.3. The highest BCUT2D eigenvalue weighted by atomic mass is 32.2. The van der Waals surface area contributed by atoms with Crippen molar-refractivity contribution in [3.05, 3.63) is 24.3 Å². The molecule has 1 aliphatic carbocycles. The Balaban J connectivity index is 1.45. The van der Waals surface area contributed by atoms with E-state index in [0.29, 0.717) is 11.3 Å². The van der Waals surface area contributed by atoms with E-state index in [1.807, 2.05) is 24.3 Å². The van der Waals surface area contributed by atoms with Gasteiger partial charge in [0, 0.05) is 30.9 Å². The molecule has 2 aliphatic rings. The first-order valence-corrected chi connectivity index (χ1v) is 9.83. The standard InChI is InChI=1S/C18H21N5OS/c1-12-8-10-22(11-9-12)16-20-21-17(23(16)13-6-7-13)25-18-19-14-4-2-3-5-15(14)24-18/h2-5,12-13H,6-11H2,1H3. The van der Waals surface area contributed by atoms with Crippen molar-refractivity contribution in [3.8, 4) is 0 Å². The maximum atomic E-state index is 5.85. The van der Waals surface area contributed by atoms with Gasteiger partial charge in [-0.05, 0) is 43.7 Å². The molecule has 1 aliphatic heterocycles. The SMILES string of the molecule is CC1CCN(c2nnc(Sc3nc4ccccc4o3)n2C2CC2)CC1. The van der Waals surface area contributed by atoms with E-state index in [1.54, 1.807) is 0 Å². The number of piperidine rings is 1. The van der Waals surface area contributed by atoms with Crippen LogP contribution in [-0.2, 0) is 0 Å². The number of hydrogen-bond donors (Lipinski definition) is 0. The van der Waals surface area contributed by atoms with Crippen molar-refractivity contribution in [2.45, 2.75) is 49.0 Å². The van der Waals surface area contributed by atoms with Crippen LogP contribution in [0.15, 0.2) is 39.1 Å². The zero-order chi connectivity index (χ0) is 16.8. The molecule has 0 N–H and O–H groups in total. The van der Waals surface area contributed by atoms with Gasteiger partial charge >= 0.3 is 0 Å². The average Bonchev–Trinajstić information content (AvgIpc) is 3.24. The Bertz CT molecular complexity index is 859. The van der Waals surface area contributed by atoms with Crippen molar-refractivity contribution >= 4 is 28.8 Å². The van der Waals surface area contributed by atoms with Crippen LogP contribution >= 0.6 is 11.8 Å². The number of aromatic nitrogens is 4.